The lowest BCUT2D eigenvalue weighted by Gasteiger charge is -2.28. The lowest BCUT2D eigenvalue weighted by atomic mass is 10.0. The van der Waals surface area contributed by atoms with Crippen LogP contribution in [0.5, 0.6) is 5.75 Å². The van der Waals surface area contributed by atoms with Gasteiger partial charge >= 0.3 is 0 Å². The minimum absolute atomic E-state index is 0.102. The van der Waals surface area contributed by atoms with Crippen LogP contribution in [0.4, 0.5) is 0 Å². The topological polar surface area (TPSA) is 80.5 Å². The zero-order valence-electron chi connectivity index (χ0n) is 19.7. The van der Waals surface area contributed by atoms with Gasteiger partial charge in [0.2, 0.25) is 11.8 Å². The largest absolute Gasteiger partial charge is 0.497 e. The minimum atomic E-state index is -0.112. The van der Waals surface area contributed by atoms with Gasteiger partial charge in [-0.05, 0) is 80.0 Å². The number of nitrogens with one attached hydrogen (secondary N) is 1. The van der Waals surface area contributed by atoms with Crippen LogP contribution in [0.2, 0.25) is 0 Å². The first kappa shape index (κ1) is 22.8. The molecule has 1 amide bonds. The molecule has 1 fully saturated rings. The Balaban J connectivity index is 1.26. The number of ether oxygens (including phenoxy) is 1. The van der Waals surface area contributed by atoms with Crippen molar-refractivity contribution in [3.05, 3.63) is 90.0 Å². The van der Waals surface area contributed by atoms with E-state index in [0.717, 1.165) is 35.5 Å². The number of nitrogens with zero attached hydrogens (tertiary/aromatic N) is 3. The van der Waals surface area contributed by atoms with E-state index in [0.29, 0.717) is 23.9 Å². The fourth-order valence-electron chi connectivity index (χ4n) is 4.45. The fraction of sp³-hybridized carbons (Fsp3) is 0.250. The number of benzene rings is 3. The number of carbonyl (C=O) groups is 1. The number of hydrogen-bond acceptors (Lipinski definition) is 6. The second kappa shape index (κ2) is 10.5. The van der Waals surface area contributed by atoms with Crippen LogP contribution in [-0.4, -0.2) is 47.7 Å². The molecule has 1 N–H and O–H groups in total. The maximum atomic E-state index is 12.9. The molecule has 5 rings (SSSR count). The highest BCUT2D eigenvalue weighted by Crippen LogP contribution is 2.28. The molecule has 3 aromatic carbocycles. The molecule has 0 spiro atoms. The van der Waals surface area contributed by atoms with Crippen LogP contribution in [0.1, 0.15) is 34.8 Å². The minimum Gasteiger partial charge on any atom is -0.497 e. The van der Waals surface area contributed by atoms with E-state index in [2.05, 4.69) is 32.5 Å². The Morgan fingerprint density at radius 1 is 0.943 bits per heavy atom. The van der Waals surface area contributed by atoms with Gasteiger partial charge in [0.1, 0.15) is 5.75 Å². The number of aromatic nitrogens is 2. The van der Waals surface area contributed by atoms with Crippen molar-refractivity contribution in [1.29, 1.82) is 0 Å². The highest BCUT2D eigenvalue weighted by Gasteiger charge is 2.24. The Kier molecular flexibility index (Phi) is 6.86. The Morgan fingerprint density at radius 2 is 1.63 bits per heavy atom. The summed E-state index contributed by atoms with van der Waals surface area (Å²) in [5.74, 6) is 1.60. The van der Waals surface area contributed by atoms with E-state index in [1.54, 1.807) is 19.2 Å². The van der Waals surface area contributed by atoms with Crippen molar-refractivity contribution < 1.29 is 13.9 Å². The van der Waals surface area contributed by atoms with Gasteiger partial charge < -0.3 is 14.5 Å². The molecule has 0 saturated carbocycles. The average molecular weight is 469 g/mol. The van der Waals surface area contributed by atoms with Crippen molar-refractivity contribution in [2.45, 2.75) is 18.9 Å². The standard InChI is InChI=1S/C28H28N4O3/c1-34-24-11-7-10-23(18-24)25(32-16-5-6-17-32)19-29-26(33)20-12-14-22(15-13-20)28-31-30-27(35-28)21-8-3-2-4-9-21/h2-4,7-15,18,25H,5-6,16-17,19H2,1H3,(H,29,33)/t25-/m1/s1. The van der Waals surface area contributed by atoms with E-state index in [1.165, 1.54) is 12.8 Å². The maximum Gasteiger partial charge on any atom is 0.251 e. The third kappa shape index (κ3) is 5.25. The number of amides is 1. The molecule has 0 bridgehead atoms. The monoisotopic (exact) mass is 468 g/mol. The molecule has 0 aliphatic carbocycles. The Labute approximate surface area is 204 Å². The van der Waals surface area contributed by atoms with Crippen molar-refractivity contribution in [3.8, 4) is 28.7 Å². The Bertz CT molecular complexity index is 1260. The van der Waals surface area contributed by atoms with Gasteiger partial charge in [-0.1, -0.05) is 30.3 Å². The van der Waals surface area contributed by atoms with E-state index >= 15 is 0 Å². The summed E-state index contributed by atoms with van der Waals surface area (Å²) in [6, 6.07) is 25.1. The Morgan fingerprint density at radius 3 is 2.31 bits per heavy atom. The van der Waals surface area contributed by atoms with Gasteiger partial charge in [0, 0.05) is 23.2 Å². The van der Waals surface area contributed by atoms with Crippen LogP contribution in [0.25, 0.3) is 22.9 Å². The number of rotatable bonds is 8. The van der Waals surface area contributed by atoms with Gasteiger partial charge in [-0.25, -0.2) is 0 Å². The second-order valence-electron chi connectivity index (χ2n) is 8.60. The van der Waals surface area contributed by atoms with E-state index < -0.39 is 0 Å². The van der Waals surface area contributed by atoms with Crippen LogP contribution in [0.15, 0.2) is 83.3 Å². The van der Waals surface area contributed by atoms with Crippen molar-refractivity contribution in [2.24, 2.45) is 0 Å². The zero-order chi connectivity index (χ0) is 24.0. The van der Waals surface area contributed by atoms with Crippen molar-refractivity contribution in [1.82, 2.24) is 20.4 Å². The molecule has 1 aliphatic heterocycles. The molecule has 35 heavy (non-hydrogen) atoms. The van der Waals surface area contributed by atoms with Gasteiger partial charge in [0.15, 0.2) is 0 Å². The lowest BCUT2D eigenvalue weighted by molar-refractivity contribution is 0.0938. The average Bonchev–Trinajstić information content (AvgIpc) is 3.63. The highest BCUT2D eigenvalue weighted by atomic mass is 16.5. The smallest absolute Gasteiger partial charge is 0.251 e. The highest BCUT2D eigenvalue weighted by molar-refractivity contribution is 5.94. The van der Waals surface area contributed by atoms with E-state index in [4.69, 9.17) is 9.15 Å². The van der Waals surface area contributed by atoms with Crippen LogP contribution < -0.4 is 10.1 Å². The van der Waals surface area contributed by atoms with E-state index in [1.807, 2.05) is 54.6 Å². The summed E-state index contributed by atoms with van der Waals surface area (Å²) in [5, 5.41) is 11.4. The summed E-state index contributed by atoms with van der Waals surface area (Å²) in [7, 11) is 1.67. The van der Waals surface area contributed by atoms with Gasteiger partial charge in [-0.3, -0.25) is 9.69 Å². The molecule has 178 valence electrons. The van der Waals surface area contributed by atoms with E-state index in [-0.39, 0.29) is 11.9 Å². The molecule has 7 heteroatoms. The summed E-state index contributed by atoms with van der Waals surface area (Å²) >= 11 is 0. The maximum absolute atomic E-state index is 12.9. The van der Waals surface area contributed by atoms with Crippen LogP contribution in [0.3, 0.4) is 0 Å². The summed E-state index contributed by atoms with van der Waals surface area (Å²) in [6.07, 6.45) is 2.36. The van der Waals surface area contributed by atoms with Gasteiger partial charge in [0.05, 0.1) is 13.2 Å². The molecule has 1 saturated heterocycles. The van der Waals surface area contributed by atoms with E-state index in [9.17, 15) is 4.79 Å². The first-order valence-electron chi connectivity index (χ1n) is 11.9. The summed E-state index contributed by atoms with van der Waals surface area (Å²) < 4.78 is 11.2. The molecule has 7 nitrogen and oxygen atoms in total. The molecule has 2 heterocycles. The first-order chi connectivity index (χ1) is 17.2. The van der Waals surface area contributed by atoms with Crippen molar-refractivity contribution in [3.63, 3.8) is 0 Å². The molecule has 0 radical (unpaired) electrons. The van der Waals surface area contributed by atoms with Crippen molar-refractivity contribution in [2.75, 3.05) is 26.7 Å². The Hall–Kier alpha value is -3.97. The predicted molar refractivity (Wildman–Crippen MR) is 134 cm³/mol. The first-order valence-corrected chi connectivity index (χ1v) is 11.9. The molecule has 1 atom stereocenters. The third-order valence-electron chi connectivity index (χ3n) is 6.36. The van der Waals surface area contributed by atoms with Crippen LogP contribution >= 0.6 is 0 Å². The number of methoxy groups -OCH3 is 1. The SMILES string of the molecule is COc1cccc([C@@H](CNC(=O)c2ccc(-c3nnc(-c4ccccc4)o3)cc2)N2CCCC2)c1. The lowest BCUT2D eigenvalue weighted by Crippen LogP contribution is -2.36. The van der Waals surface area contributed by atoms with Gasteiger partial charge in [-0.15, -0.1) is 10.2 Å². The van der Waals surface area contributed by atoms with Gasteiger partial charge in [0.25, 0.3) is 5.91 Å². The normalized spacial score (nSPS) is 14.5. The van der Waals surface area contributed by atoms with Crippen LogP contribution in [-0.2, 0) is 0 Å². The fourth-order valence-corrected chi connectivity index (χ4v) is 4.45. The van der Waals surface area contributed by atoms with Crippen LogP contribution in [0, 0.1) is 0 Å². The summed E-state index contributed by atoms with van der Waals surface area (Å²) in [6.45, 7) is 2.58. The molecule has 1 aliphatic rings. The summed E-state index contributed by atoms with van der Waals surface area (Å²) in [4.78, 5) is 15.4. The number of carbonyl (C=O) groups excluding carboxylic acids is 1. The predicted octanol–water partition coefficient (Wildman–Crippen LogP) is 4.98. The second-order valence-corrected chi connectivity index (χ2v) is 8.60. The van der Waals surface area contributed by atoms with Gasteiger partial charge in [-0.2, -0.15) is 0 Å². The molecule has 0 unspecified atom stereocenters. The molecular formula is C28H28N4O3. The zero-order valence-corrected chi connectivity index (χ0v) is 19.7. The number of likely N-dealkylation sites (tertiary alicyclic amines) is 1. The van der Waals surface area contributed by atoms with Crippen molar-refractivity contribution >= 4 is 5.91 Å². The summed E-state index contributed by atoms with van der Waals surface area (Å²) in [5.41, 5.74) is 3.36. The molecule has 1 aromatic heterocycles. The molecular weight excluding hydrogens is 440 g/mol. The third-order valence-corrected chi connectivity index (χ3v) is 6.36. The quantitative estimate of drug-likeness (QED) is 0.393. The number of hydrogen-bond donors (Lipinski definition) is 1. The molecule has 4 aromatic rings.